The highest BCUT2D eigenvalue weighted by Crippen LogP contribution is 2.21. The van der Waals surface area contributed by atoms with Crippen LogP contribution in [0.15, 0.2) is 16.7 Å². The Morgan fingerprint density at radius 1 is 1.50 bits per heavy atom. The first kappa shape index (κ1) is 10.3. The minimum atomic E-state index is 0.492. The van der Waals surface area contributed by atoms with E-state index in [9.17, 15) is 0 Å². The average molecular weight is 314 g/mol. The molecule has 0 aliphatic carbocycles. The van der Waals surface area contributed by atoms with Gasteiger partial charge in [-0.1, -0.05) is 27.5 Å². The molecule has 0 aliphatic rings. The van der Waals surface area contributed by atoms with Gasteiger partial charge in [0.05, 0.1) is 5.69 Å². The molecule has 0 bridgehead atoms. The first-order chi connectivity index (χ1) is 5.74. The van der Waals surface area contributed by atoms with Gasteiger partial charge < -0.3 is 5.32 Å². The van der Waals surface area contributed by atoms with E-state index < -0.39 is 0 Å². The summed E-state index contributed by atoms with van der Waals surface area (Å²) in [6.07, 6.45) is 0. The van der Waals surface area contributed by atoms with Crippen LogP contribution in [0.3, 0.4) is 0 Å². The molecular formula is C7H7Br2ClN2. The first-order valence-electron chi connectivity index (χ1n) is 3.36. The second kappa shape index (κ2) is 5.04. The van der Waals surface area contributed by atoms with E-state index >= 15 is 0 Å². The summed E-state index contributed by atoms with van der Waals surface area (Å²) >= 11 is 12.3. The molecule has 0 amide bonds. The van der Waals surface area contributed by atoms with Crippen LogP contribution in [0.1, 0.15) is 0 Å². The molecule has 0 fully saturated rings. The number of halogens is 3. The van der Waals surface area contributed by atoms with E-state index in [2.05, 4.69) is 42.2 Å². The van der Waals surface area contributed by atoms with Crippen LogP contribution in [-0.2, 0) is 0 Å². The fourth-order valence-corrected chi connectivity index (χ4v) is 1.64. The number of hydrogen-bond donors (Lipinski definition) is 1. The maximum Gasteiger partial charge on any atom is 0.130 e. The number of rotatable bonds is 3. The van der Waals surface area contributed by atoms with Crippen molar-refractivity contribution in [3.8, 4) is 0 Å². The number of anilines is 1. The highest BCUT2D eigenvalue weighted by Gasteiger charge is 1.99. The van der Waals surface area contributed by atoms with Crippen molar-refractivity contribution in [3.05, 3.63) is 21.9 Å². The topological polar surface area (TPSA) is 24.9 Å². The summed E-state index contributed by atoms with van der Waals surface area (Å²) in [6, 6.07) is 3.64. The molecule has 0 saturated heterocycles. The normalized spacial score (nSPS) is 9.92. The van der Waals surface area contributed by atoms with E-state index in [0.717, 1.165) is 22.2 Å². The highest BCUT2D eigenvalue weighted by molar-refractivity contribution is 9.10. The van der Waals surface area contributed by atoms with Gasteiger partial charge in [0, 0.05) is 11.9 Å². The van der Waals surface area contributed by atoms with Crippen LogP contribution in [0.2, 0.25) is 5.15 Å². The molecule has 1 aromatic heterocycles. The Hall–Kier alpha value is 0.200. The first-order valence-corrected chi connectivity index (χ1v) is 5.65. The third-order valence-corrected chi connectivity index (χ3v) is 2.44. The lowest BCUT2D eigenvalue weighted by molar-refractivity contribution is 1.19. The monoisotopic (exact) mass is 312 g/mol. The lowest BCUT2D eigenvalue weighted by Crippen LogP contribution is -2.03. The Bertz CT molecular complexity index is 268. The van der Waals surface area contributed by atoms with Crippen molar-refractivity contribution in [2.24, 2.45) is 0 Å². The van der Waals surface area contributed by atoms with Crippen LogP contribution in [-0.4, -0.2) is 16.9 Å². The van der Waals surface area contributed by atoms with Gasteiger partial charge in [0.15, 0.2) is 0 Å². The maximum atomic E-state index is 5.67. The summed E-state index contributed by atoms with van der Waals surface area (Å²) in [5.41, 5.74) is 0.957. The van der Waals surface area contributed by atoms with Crippen molar-refractivity contribution >= 4 is 49.1 Å². The molecule has 12 heavy (non-hydrogen) atoms. The van der Waals surface area contributed by atoms with Gasteiger partial charge in [0.25, 0.3) is 0 Å². The third kappa shape index (κ3) is 2.92. The molecule has 0 atom stereocenters. The van der Waals surface area contributed by atoms with E-state index in [4.69, 9.17) is 11.6 Å². The van der Waals surface area contributed by atoms with E-state index in [-0.39, 0.29) is 0 Å². The van der Waals surface area contributed by atoms with Crippen molar-refractivity contribution in [2.45, 2.75) is 0 Å². The average Bonchev–Trinajstić information content (AvgIpc) is 2.03. The van der Waals surface area contributed by atoms with Gasteiger partial charge in [-0.2, -0.15) is 0 Å². The smallest absolute Gasteiger partial charge is 0.130 e. The molecule has 0 unspecified atom stereocenters. The number of alkyl halides is 1. The zero-order valence-electron chi connectivity index (χ0n) is 6.15. The largest absolute Gasteiger partial charge is 0.382 e. The van der Waals surface area contributed by atoms with Crippen molar-refractivity contribution < 1.29 is 0 Å². The molecule has 2 nitrogen and oxygen atoms in total. The lowest BCUT2D eigenvalue weighted by Gasteiger charge is -2.05. The quantitative estimate of drug-likeness (QED) is 0.684. The van der Waals surface area contributed by atoms with Crippen molar-refractivity contribution in [1.29, 1.82) is 0 Å². The molecule has 0 saturated carbocycles. The van der Waals surface area contributed by atoms with Gasteiger partial charge in [-0.15, -0.1) is 0 Å². The van der Waals surface area contributed by atoms with Gasteiger partial charge in [0.2, 0.25) is 0 Å². The second-order valence-electron chi connectivity index (χ2n) is 2.09. The molecule has 1 heterocycles. The van der Waals surface area contributed by atoms with Gasteiger partial charge in [-0.25, -0.2) is 4.98 Å². The van der Waals surface area contributed by atoms with Gasteiger partial charge in [-0.05, 0) is 28.1 Å². The lowest BCUT2D eigenvalue weighted by atomic mass is 10.4. The molecular weight excluding hydrogens is 307 g/mol. The van der Waals surface area contributed by atoms with E-state index in [1.165, 1.54) is 0 Å². The Morgan fingerprint density at radius 2 is 2.25 bits per heavy atom. The molecule has 0 spiro atoms. The van der Waals surface area contributed by atoms with Crippen LogP contribution in [0, 0.1) is 0 Å². The summed E-state index contributed by atoms with van der Waals surface area (Å²) in [7, 11) is 0. The van der Waals surface area contributed by atoms with Gasteiger partial charge >= 0.3 is 0 Å². The summed E-state index contributed by atoms with van der Waals surface area (Å²) in [5.74, 6) is 0. The molecule has 0 aromatic carbocycles. The molecule has 0 aliphatic heterocycles. The summed E-state index contributed by atoms with van der Waals surface area (Å²) in [4.78, 5) is 4.03. The van der Waals surface area contributed by atoms with Gasteiger partial charge in [-0.3, -0.25) is 0 Å². The Balaban J connectivity index is 2.72. The molecule has 1 N–H and O–H groups in total. The summed E-state index contributed by atoms with van der Waals surface area (Å²) < 4.78 is 0.746. The van der Waals surface area contributed by atoms with Crippen molar-refractivity contribution in [1.82, 2.24) is 4.98 Å². The Morgan fingerprint density at radius 3 is 2.83 bits per heavy atom. The number of nitrogens with zero attached hydrogens (tertiary/aromatic N) is 1. The second-order valence-corrected chi connectivity index (χ2v) is 4.02. The van der Waals surface area contributed by atoms with Crippen LogP contribution < -0.4 is 5.32 Å². The zero-order valence-corrected chi connectivity index (χ0v) is 10.1. The van der Waals surface area contributed by atoms with E-state index in [1.54, 1.807) is 6.07 Å². The third-order valence-electron chi connectivity index (χ3n) is 1.22. The molecule has 1 rings (SSSR count). The Kier molecular flexibility index (Phi) is 4.32. The number of hydrogen-bond acceptors (Lipinski definition) is 2. The summed E-state index contributed by atoms with van der Waals surface area (Å²) in [5, 5.41) is 4.57. The highest BCUT2D eigenvalue weighted by atomic mass is 79.9. The minimum Gasteiger partial charge on any atom is -0.382 e. The van der Waals surface area contributed by atoms with Crippen LogP contribution in [0.4, 0.5) is 5.69 Å². The fraction of sp³-hybridized carbons (Fsp3) is 0.286. The van der Waals surface area contributed by atoms with Crippen molar-refractivity contribution in [2.75, 3.05) is 17.2 Å². The molecule has 0 radical (unpaired) electrons. The molecule has 1 aromatic rings. The van der Waals surface area contributed by atoms with Crippen LogP contribution in [0.25, 0.3) is 0 Å². The fourth-order valence-electron chi connectivity index (χ4n) is 0.726. The number of nitrogens with one attached hydrogen (secondary N) is 1. The summed E-state index contributed by atoms with van der Waals surface area (Å²) in [6.45, 7) is 0.863. The minimum absolute atomic E-state index is 0.492. The van der Waals surface area contributed by atoms with E-state index in [1.807, 2.05) is 6.07 Å². The zero-order chi connectivity index (χ0) is 8.97. The Labute approximate surface area is 93.0 Å². The molecule has 5 heteroatoms. The number of pyridine rings is 1. The number of aromatic nitrogens is 1. The maximum absolute atomic E-state index is 5.67. The van der Waals surface area contributed by atoms with Crippen LogP contribution in [0.5, 0.6) is 0 Å². The SMILES string of the molecule is Clc1ccc(NCCBr)c(Br)n1. The molecule has 66 valence electrons. The van der Waals surface area contributed by atoms with E-state index in [0.29, 0.717) is 5.15 Å². The standard InChI is InChI=1S/C7H7Br2ClN2/c8-3-4-11-5-1-2-6(10)12-7(5)9/h1-2,11H,3-4H2. The van der Waals surface area contributed by atoms with Gasteiger partial charge in [0.1, 0.15) is 9.76 Å². The van der Waals surface area contributed by atoms with Crippen LogP contribution >= 0.6 is 43.5 Å². The predicted molar refractivity (Wildman–Crippen MR) is 59.2 cm³/mol. The van der Waals surface area contributed by atoms with Crippen molar-refractivity contribution in [3.63, 3.8) is 0 Å². The predicted octanol–water partition coefficient (Wildman–Crippen LogP) is 3.30.